The Morgan fingerprint density at radius 2 is 1.57 bits per heavy atom. The van der Waals surface area contributed by atoms with Crippen LogP contribution in [0.5, 0.6) is 11.5 Å². The van der Waals surface area contributed by atoms with Crippen molar-refractivity contribution < 1.29 is 24.2 Å². The highest BCUT2D eigenvalue weighted by Crippen LogP contribution is 2.46. The van der Waals surface area contributed by atoms with Gasteiger partial charge in [0, 0.05) is 16.8 Å². The second kappa shape index (κ2) is 9.81. The molecule has 1 N–H and O–H groups in total. The van der Waals surface area contributed by atoms with E-state index >= 15 is 0 Å². The summed E-state index contributed by atoms with van der Waals surface area (Å²) in [7, 11) is 2.88. The van der Waals surface area contributed by atoms with Crippen LogP contribution in [0.1, 0.15) is 17.2 Å². The lowest BCUT2D eigenvalue weighted by Gasteiger charge is -2.27. The highest BCUT2D eigenvalue weighted by Gasteiger charge is 2.47. The Hall–Kier alpha value is -4.00. The van der Waals surface area contributed by atoms with Crippen molar-refractivity contribution in [1.29, 1.82) is 0 Å². The van der Waals surface area contributed by atoms with Gasteiger partial charge in [0.05, 0.1) is 36.4 Å². The highest BCUT2D eigenvalue weighted by molar-refractivity contribution is 6.52. The third-order valence-corrected chi connectivity index (χ3v) is 6.91. The van der Waals surface area contributed by atoms with Crippen LogP contribution in [0.25, 0.3) is 16.5 Å². The molecule has 1 saturated heterocycles. The lowest BCUT2D eigenvalue weighted by atomic mass is 9.91. The van der Waals surface area contributed by atoms with E-state index in [0.29, 0.717) is 22.0 Å². The molecule has 4 aromatic rings. The molecule has 1 aliphatic rings. The first kappa shape index (κ1) is 24.7. The molecule has 1 amide bonds. The summed E-state index contributed by atoms with van der Waals surface area (Å²) in [5, 5.41) is 14.0. The zero-order valence-corrected chi connectivity index (χ0v) is 21.4. The van der Waals surface area contributed by atoms with Crippen molar-refractivity contribution in [3.8, 4) is 11.5 Å². The van der Waals surface area contributed by atoms with Gasteiger partial charge in [0.25, 0.3) is 11.7 Å². The summed E-state index contributed by atoms with van der Waals surface area (Å²) in [6, 6.07) is 21.9. The number of aliphatic hydroxyl groups is 1. The Kier molecular flexibility index (Phi) is 6.54. The molecule has 0 saturated carbocycles. The van der Waals surface area contributed by atoms with Crippen molar-refractivity contribution in [2.24, 2.45) is 0 Å². The third kappa shape index (κ3) is 4.18. The number of carbonyl (C=O) groups is 2. The molecule has 6 nitrogen and oxygen atoms in total. The zero-order chi connectivity index (χ0) is 26.3. The van der Waals surface area contributed by atoms with Crippen LogP contribution in [0.3, 0.4) is 0 Å². The van der Waals surface area contributed by atoms with Gasteiger partial charge in [0.1, 0.15) is 17.3 Å². The van der Waals surface area contributed by atoms with Gasteiger partial charge < -0.3 is 14.6 Å². The number of ether oxygens (including phenoxy) is 2. The largest absolute Gasteiger partial charge is 0.507 e. The van der Waals surface area contributed by atoms with E-state index in [1.54, 1.807) is 24.3 Å². The monoisotopic (exact) mass is 533 g/mol. The SMILES string of the molecule is COc1cc(OC)c(/C(O)=C2\C(=O)C(=O)N(c3cccc(Cl)c3)C2c2cccc3ccccc23)cc1Cl. The van der Waals surface area contributed by atoms with Gasteiger partial charge in [-0.2, -0.15) is 0 Å². The van der Waals surface area contributed by atoms with Crippen LogP contribution in [0.4, 0.5) is 5.69 Å². The first-order chi connectivity index (χ1) is 17.8. The lowest BCUT2D eigenvalue weighted by molar-refractivity contribution is -0.132. The molecule has 4 aromatic carbocycles. The maximum atomic E-state index is 13.6. The molecule has 1 atom stereocenters. The standard InChI is InChI=1S/C29H21Cl2NO5/c1-36-23-15-24(37-2)22(31)14-21(23)27(33)25-26(20-12-5-8-16-7-3-4-11-19(16)20)32(29(35)28(25)34)18-10-6-9-17(30)13-18/h3-15,26,33H,1-2H3/b27-25+. The van der Waals surface area contributed by atoms with Crippen LogP contribution < -0.4 is 14.4 Å². The van der Waals surface area contributed by atoms with Crippen molar-refractivity contribution in [1.82, 2.24) is 0 Å². The second-order valence-electron chi connectivity index (χ2n) is 8.40. The number of hydrogen-bond acceptors (Lipinski definition) is 5. The first-order valence-corrected chi connectivity index (χ1v) is 12.1. The number of ketones is 1. The van der Waals surface area contributed by atoms with Crippen LogP contribution in [0, 0.1) is 0 Å². The van der Waals surface area contributed by atoms with Gasteiger partial charge in [-0.3, -0.25) is 14.5 Å². The minimum atomic E-state index is -0.949. The number of fused-ring (bicyclic) bond motifs is 1. The molecule has 0 aromatic heterocycles. The van der Waals surface area contributed by atoms with Crippen LogP contribution in [-0.4, -0.2) is 31.0 Å². The maximum absolute atomic E-state index is 13.6. The summed E-state index contributed by atoms with van der Waals surface area (Å²) in [6.07, 6.45) is 0. The summed E-state index contributed by atoms with van der Waals surface area (Å²) in [4.78, 5) is 28.5. The van der Waals surface area contributed by atoms with E-state index in [-0.39, 0.29) is 21.9 Å². The molecule has 1 aliphatic heterocycles. The average Bonchev–Trinajstić information content (AvgIpc) is 3.17. The van der Waals surface area contributed by atoms with Crippen molar-refractivity contribution >= 4 is 57.1 Å². The Morgan fingerprint density at radius 1 is 0.865 bits per heavy atom. The van der Waals surface area contributed by atoms with E-state index in [1.165, 1.54) is 31.3 Å². The Labute approximate surface area is 223 Å². The number of anilines is 1. The Bertz CT molecular complexity index is 1590. The predicted octanol–water partition coefficient (Wildman–Crippen LogP) is 6.79. The lowest BCUT2D eigenvalue weighted by Crippen LogP contribution is -2.29. The highest BCUT2D eigenvalue weighted by atomic mass is 35.5. The number of nitrogens with zero attached hydrogens (tertiary/aromatic N) is 1. The summed E-state index contributed by atoms with van der Waals surface area (Å²) in [5.74, 6) is -1.49. The molecule has 1 fully saturated rings. The zero-order valence-electron chi connectivity index (χ0n) is 19.9. The first-order valence-electron chi connectivity index (χ1n) is 11.3. The molecule has 0 spiro atoms. The summed E-state index contributed by atoms with van der Waals surface area (Å²) < 4.78 is 10.7. The molecule has 0 radical (unpaired) electrons. The predicted molar refractivity (Wildman–Crippen MR) is 145 cm³/mol. The molecule has 5 rings (SSSR count). The molecule has 0 bridgehead atoms. The Morgan fingerprint density at radius 3 is 2.30 bits per heavy atom. The number of methoxy groups -OCH3 is 2. The van der Waals surface area contributed by atoms with Crippen LogP contribution in [0.2, 0.25) is 10.0 Å². The number of carbonyl (C=O) groups excluding carboxylic acids is 2. The normalized spacial score (nSPS) is 16.9. The van der Waals surface area contributed by atoms with Crippen LogP contribution >= 0.6 is 23.2 Å². The minimum Gasteiger partial charge on any atom is -0.507 e. The maximum Gasteiger partial charge on any atom is 0.300 e. The van der Waals surface area contributed by atoms with E-state index in [2.05, 4.69) is 0 Å². The average molecular weight is 534 g/mol. The van der Waals surface area contributed by atoms with Gasteiger partial charge in [0.15, 0.2) is 0 Å². The number of amides is 1. The van der Waals surface area contributed by atoms with E-state index in [9.17, 15) is 14.7 Å². The number of aliphatic hydroxyl groups excluding tert-OH is 1. The van der Waals surface area contributed by atoms with Gasteiger partial charge in [-0.25, -0.2) is 0 Å². The van der Waals surface area contributed by atoms with E-state index < -0.39 is 23.5 Å². The van der Waals surface area contributed by atoms with Gasteiger partial charge in [-0.1, -0.05) is 71.7 Å². The van der Waals surface area contributed by atoms with E-state index in [0.717, 1.165) is 10.8 Å². The fourth-order valence-corrected chi connectivity index (χ4v) is 5.12. The summed E-state index contributed by atoms with van der Waals surface area (Å²) >= 11 is 12.6. The van der Waals surface area contributed by atoms with Crippen molar-refractivity contribution in [2.75, 3.05) is 19.1 Å². The van der Waals surface area contributed by atoms with Crippen LogP contribution in [-0.2, 0) is 9.59 Å². The number of hydrogen-bond donors (Lipinski definition) is 1. The topological polar surface area (TPSA) is 76.1 Å². The summed E-state index contributed by atoms with van der Waals surface area (Å²) in [6.45, 7) is 0. The van der Waals surface area contributed by atoms with Gasteiger partial charge >= 0.3 is 0 Å². The number of Topliss-reactive ketones (excluding diaryl/α,β-unsaturated/α-hetero) is 1. The van der Waals surface area contributed by atoms with Gasteiger partial charge in [-0.15, -0.1) is 0 Å². The Balaban J connectivity index is 1.83. The second-order valence-corrected chi connectivity index (χ2v) is 9.25. The number of halogens is 2. The molecule has 1 unspecified atom stereocenters. The van der Waals surface area contributed by atoms with Crippen molar-refractivity contribution in [3.63, 3.8) is 0 Å². The third-order valence-electron chi connectivity index (χ3n) is 6.38. The fraction of sp³-hybridized carbons (Fsp3) is 0.103. The smallest absolute Gasteiger partial charge is 0.300 e. The molecule has 8 heteroatoms. The molecular formula is C29H21Cl2NO5. The fourth-order valence-electron chi connectivity index (χ4n) is 4.70. The quantitative estimate of drug-likeness (QED) is 0.173. The number of rotatable bonds is 5. The molecule has 1 heterocycles. The van der Waals surface area contributed by atoms with Crippen molar-refractivity contribution in [2.45, 2.75) is 6.04 Å². The van der Waals surface area contributed by atoms with E-state index in [1.807, 2.05) is 42.5 Å². The van der Waals surface area contributed by atoms with Gasteiger partial charge in [0.2, 0.25) is 0 Å². The minimum absolute atomic E-state index is 0.0964. The van der Waals surface area contributed by atoms with Gasteiger partial charge in [-0.05, 0) is 40.6 Å². The summed E-state index contributed by atoms with van der Waals surface area (Å²) in [5.41, 5.74) is 1.15. The molecular weight excluding hydrogens is 513 g/mol. The molecule has 186 valence electrons. The molecule has 37 heavy (non-hydrogen) atoms. The van der Waals surface area contributed by atoms with Crippen LogP contribution in [0.15, 0.2) is 84.4 Å². The van der Waals surface area contributed by atoms with Crippen molar-refractivity contribution in [3.05, 3.63) is 106 Å². The molecule has 0 aliphatic carbocycles. The van der Waals surface area contributed by atoms with E-state index in [4.69, 9.17) is 32.7 Å². The number of benzene rings is 4.